The van der Waals surface area contributed by atoms with Gasteiger partial charge < -0.3 is 15.7 Å². The number of urea groups is 1. The fourth-order valence-corrected chi connectivity index (χ4v) is 3.39. The summed E-state index contributed by atoms with van der Waals surface area (Å²) in [4.78, 5) is 22.7. The fraction of sp³-hybridized carbons (Fsp3) is 0.429. The Morgan fingerprint density at radius 2 is 2.25 bits per heavy atom. The first kappa shape index (κ1) is 14.7. The lowest BCUT2D eigenvalue weighted by Gasteiger charge is -2.22. The molecule has 1 heterocycles. The Morgan fingerprint density at radius 1 is 1.45 bits per heavy atom. The van der Waals surface area contributed by atoms with Crippen molar-refractivity contribution in [3.05, 3.63) is 29.8 Å². The largest absolute Gasteiger partial charge is 0.478 e. The molecule has 1 aliphatic rings. The molecule has 3 N–H and O–H groups in total. The van der Waals surface area contributed by atoms with Crippen molar-refractivity contribution in [2.24, 2.45) is 0 Å². The zero-order valence-electron chi connectivity index (χ0n) is 11.3. The van der Waals surface area contributed by atoms with Crippen molar-refractivity contribution in [2.75, 3.05) is 17.6 Å². The van der Waals surface area contributed by atoms with E-state index in [2.05, 4.69) is 17.6 Å². The zero-order chi connectivity index (χ0) is 14.6. The van der Waals surface area contributed by atoms with E-state index in [9.17, 15) is 9.59 Å². The lowest BCUT2D eigenvalue weighted by molar-refractivity contribution is 0.0697. The van der Waals surface area contributed by atoms with E-state index in [1.165, 1.54) is 18.6 Å². The van der Waals surface area contributed by atoms with Crippen LogP contribution in [0.5, 0.6) is 0 Å². The molecule has 1 aromatic rings. The number of carbonyl (C=O) groups is 2. The number of amides is 2. The van der Waals surface area contributed by atoms with Gasteiger partial charge in [-0.2, -0.15) is 11.8 Å². The molecule has 0 saturated carbocycles. The number of carboxylic acids is 1. The van der Waals surface area contributed by atoms with E-state index in [0.717, 1.165) is 12.2 Å². The summed E-state index contributed by atoms with van der Waals surface area (Å²) in [5.74, 6) is 0.129. The highest BCUT2D eigenvalue weighted by Gasteiger charge is 2.29. The molecule has 2 amide bonds. The highest BCUT2D eigenvalue weighted by Crippen LogP contribution is 2.36. The normalized spacial score (nSPS) is 21.4. The number of thioether (sulfide) groups is 1. The smallest absolute Gasteiger partial charge is 0.335 e. The Bertz CT molecular complexity index is 513. The van der Waals surface area contributed by atoms with Crippen molar-refractivity contribution in [3.63, 3.8) is 0 Å². The average Bonchev–Trinajstić information content (AvgIpc) is 2.84. The van der Waals surface area contributed by atoms with E-state index in [-0.39, 0.29) is 16.3 Å². The van der Waals surface area contributed by atoms with E-state index in [4.69, 9.17) is 5.11 Å². The predicted molar refractivity (Wildman–Crippen MR) is 80.5 cm³/mol. The van der Waals surface area contributed by atoms with Gasteiger partial charge in [-0.15, -0.1) is 0 Å². The number of anilines is 1. The number of benzene rings is 1. The topological polar surface area (TPSA) is 78.4 Å². The van der Waals surface area contributed by atoms with Crippen LogP contribution in [0.3, 0.4) is 0 Å². The maximum atomic E-state index is 11.8. The van der Waals surface area contributed by atoms with Crippen LogP contribution in [0, 0.1) is 0 Å². The quantitative estimate of drug-likeness (QED) is 0.798. The highest BCUT2D eigenvalue weighted by molar-refractivity contribution is 8.00. The van der Waals surface area contributed by atoms with Gasteiger partial charge in [0, 0.05) is 17.0 Å². The van der Waals surface area contributed by atoms with E-state index in [1.54, 1.807) is 12.1 Å². The van der Waals surface area contributed by atoms with Crippen molar-refractivity contribution in [2.45, 2.75) is 24.5 Å². The van der Waals surface area contributed by atoms with Gasteiger partial charge in [-0.3, -0.25) is 0 Å². The van der Waals surface area contributed by atoms with Gasteiger partial charge >= 0.3 is 12.0 Å². The number of nitrogens with one attached hydrogen (secondary N) is 2. The van der Waals surface area contributed by atoms with Gasteiger partial charge in [0.2, 0.25) is 0 Å². The molecule has 0 aromatic heterocycles. The van der Waals surface area contributed by atoms with Crippen LogP contribution >= 0.6 is 11.8 Å². The number of carboxylic acid groups (broad SMARTS) is 1. The number of hydrogen-bond donors (Lipinski definition) is 3. The van der Waals surface area contributed by atoms with Crippen molar-refractivity contribution in [1.29, 1.82) is 0 Å². The summed E-state index contributed by atoms with van der Waals surface area (Å²) < 4.78 is 0.111. The molecule has 5 nitrogen and oxygen atoms in total. The second kappa shape index (κ2) is 6.17. The van der Waals surface area contributed by atoms with Gasteiger partial charge in [-0.25, -0.2) is 9.59 Å². The van der Waals surface area contributed by atoms with Crippen LogP contribution in [0.4, 0.5) is 10.5 Å². The summed E-state index contributed by atoms with van der Waals surface area (Å²) in [6.45, 7) is 2.76. The van der Waals surface area contributed by atoms with Crippen LogP contribution in [0.15, 0.2) is 24.3 Å². The fourth-order valence-electron chi connectivity index (χ4n) is 2.15. The molecule has 6 heteroatoms. The van der Waals surface area contributed by atoms with E-state index in [0.29, 0.717) is 12.2 Å². The molecular weight excluding hydrogens is 276 g/mol. The van der Waals surface area contributed by atoms with Crippen molar-refractivity contribution in [1.82, 2.24) is 5.32 Å². The lowest BCUT2D eigenvalue weighted by atomic mass is 10.1. The second-order valence-corrected chi connectivity index (χ2v) is 6.78. The first-order valence-corrected chi connectivity index (χ1v) is 7.49. The third-order valence-corrected chi connectivity index (χ3v) is 4.83. The highest BCUT2D eigenvalue weighted by atomic mass is 32.2. The van der Waals surface area contributed by atoms with Crippen molar-refractivity contribution in [3.8, 4) is 0 Å². The first-order valence-electron chi connectivity index (χ1n) is 6.51. The molecule has 0 radical (unpaired) electrons. The number of hydrogen-bond acceptors (Lipinski definition) is 3. The van der Waals surface area contributed by atoms with Gasteiger partial charge in [0.15, 0.2) is 0 Å². The van der Waals surface area contributed by atoms with Gasteiger partial charge in [0.25, 0.3) is 0 Å². The number of rotatable bonds is 4. The molecule has 0 spiro atoms. The van der Waals surface area contributed by atoms with Crippen LogP contribution in [0.25, 0.3) is 0 Å². The third-order valence-electron chi connectivity index (χ3n) is 3.29. The standard InChI is InChI=1S/C14H18N2O3S/c1-14(6-3-7-20-14)9-15-13(19)16-11-5-2-4-10(8-11)12(17)18/h2,4-5,8H,3,6-7,9H2,1H3,(H,17,18)(H2,15,16,19). The van der Waals surface area contributed by atoms with Crippen LogP contribution < -0.4 is 10.6 Å². The maximum absolute atomic E-state index is 11.8. The predicted octanol–water partition coefficient (Wildman–Crippen LogP) is 2.79. The van der Waals surface area contributed by atoms with E-state index < -0.39 is 5.97 Å². The molecule has 1 aromatic carbocycles. The first-order chi connectivity index (χ1) is 9.48. The monoisotopic (exact) mass is 294 g/mol. The van der Waals surface area contributed by atoms with Gasteiger partial charge in [0.05, 0.1) is 5.56 Å². The summed E-state index contributed by atoms with van der Waals surface area (Å²) >= 11 is 1.88. The Hall–Kier alpha value is -1.69. The SMILES string of the molecule is CC1(CNC(=O)Nc2cccc(C(=O)O)c2)CCCS1. The minimum atomic E-state index is -1.01. The molecular formula is C14H18N2O3S. The summed E-state index contributed by atoms with van der Waals surface area (Å²) in [6.07, 6.45) is 2.29. The summed E-state index contributed by atoms with van der Waals surface area (Å²) in [6, 6.07) is 5.89. The average molecular weight is 294 g/mol. The molecule has 1 saturated heterocycles. The third kappa shape index (κ3) is 3.90. The molecule has 108 valence electrons. The zero-order valence-corrected chi connectivity index (χ0v) is 12.1. The van der Waals surface area contributed by atoms with Crippen LogP contribution in [0.2, 0.25) is 0 Å². The molecule has 20 heavy (non-hydrogen) atoms. The van der Waals surface area contributed by atoms with Gasteiger partial charge in [-0.1, -0.05) is 6.07 Å². The second-order valence-electron chi connectivity index (χ2n) is 5.10. The van der Waals surface area contributed by atoms with Crippen LogP contribution in [0.1, 0.15) is 30.1 Å². The Kier molecular flexibility index (Phi) is 4.54. The number of aromatic carboxylic acids is 1. The van der Waals surface area contributed by atoms with E-state index in [1.807, 2.05) is 11.8 Å². The summed E-state index contributed by atoms with van der Waals surface area (Å²) in [7, 11) is 0. The maximum Gasteiger partial charge on any atom is 0.335 e. The van der Waals surface area contributed by atoms with E-state index >= 15 is 0 Å². The molecule has 1 fully saturated rings. The van der Waals surface area contributed by atoms with Crippen LogP contribution in [-0.2, 0) is 0 Å². The molecule has 1 aliphatic heterocycles. The van der Waals surface area contributed by atoms with Gasteiger partial charge in [0.1, 0.15) is 0 Å². The van der Waals surface area contributed by atoms with Gasteiger partial charge in [-0.05, 0) is 43.7 Å². The van der Waals surface area contributed by atoms with Crippen molar-refractivity contribution >= 4 is 29.4 Å². The number of carbonyl (C=O) groups excluding carboxylic acids is 1. The minimum absolute atomic E-state index is 0.111. The molecule has 1 atom stereocenters. The van der Waals surface area contributed by atoms with Crippen molar-refractivity contribution < 1.29 is 14.7 Å². The minimum Gasteiger partial charge on any atom is -0.478 e. The Labute approximate surface area is 122 Å². The molecule has 1 unspecified atom stereocenters. The Balaban J connectivity index is 1.88. The Morgan fingerprint density at radius 3 is 2.90 bits per heavy atom. The summed E-state index contributed by atoms with van der Waals surface area (Å²) in [5.41, 5.74) is 0.632. The molecule has 0 bridgehead atoms. The van der Waals surface area contributed by atoms with Crippen LogP contribution in [-0.4, -0.2) is 34.2 Å². The molecule has 0 aliphatic carbocycles. The lowest BCUT2D eigenvalue weighted by Crippen LogP contribution is -2.39. The molecule has 2 rings (SSSR count). The summed E-state index contributed by atoms with van der Waals surface area (Å²) in [5, 5.41) is 14.4.